The molecule has 0 aliphatic rings. The molecule has 0 amide bonds. The Morgan fingerprint density at radius 3 is 2.38 bits per heavy atom. The molecule has 4 nitrogen and oxygen atoms in total. The third-order valence-electron chi connectivity index (χ3n) is 3.03. The van der Waals surface area contributed by atoms with Gasteiger partial charge in [0.25, 0.3) is 10.0 Å². The van der Waals surface area contributed by atoms with E-state index < -0.39 is 10.0 Å². The summed E-state index contributed by atoms with van der Waals surface area (Å²) in [5.74, 6) is 0.609. The second-order valence-electron chi connectivity index (χ2n) is 4.33. The Labute approximate surface area is 130 Å². The Balaban J connectivity index is 2.46. The molecule has 0 saturated carbocycles. The number of nitrogens with zero attached hydrogens (tertiary/aromatic N) is 1. The lowest BCUT2D eigenvalue weighted by molar-refractivity contribution is 0.415. The van der Waals surface area contributed by atoms with Gasteiger partial charge in [0, 0.05) is 17.6 Å². The number of ether oxygens (including phenoxy) is 1. The van der Waals surface area contributed by atoms with E-state index in [1.54, 1.807) is 50.4 Å². The Morgan fingerprint density at radius 2 is 1.81 bits per heavy atom. The summed E-state index contributed by atoms with van der Waals surface area (Å²) in [5.41, 5.74) is 0.562. The highest BCUT2D eigenvalue weighted by Crippen LogP contribution is 2.27. The van der Waals surface area contributed by atoms with E-state index in [9.17, 15) is 8.42 Å². The molecule has 0 heterocycles. The second kappa shape index (κ2) is 6.37. The van der Waals surface area contributed by atoms with Gasteiger partial charge in [-0.05, 0) is 43.3 Å². The van der Waals surface area contributed by atoms with Crippen molar-refractivity contribution >= 4 is 27.3 Å². The van der Waals surface area contributed by atoms with Gasteiger partial charge in [0.15, 0.2) is 0 Å². The first-order valence-corrected chi connectivity index (χ1v) is 8.23. The molecule has 0 spiro atoms. The zero-order valence-electron chi connectivity index (χ0n) is 11.8. The highest BCUT2D eigenvalue weighted by Gasteiger charge is 2.23. The van der Waals surface area contributed by atoms with Crippen LogP contribution in [0, 0.1) is 0 Å². The van der Waals surface area contributed by atoms with Gasteiger partial charge in [-0.2, -0.15) is 0 Å². The molecule has 2 aromatic carbocycles. The fraction of sp³-hybridized carbons (Fsp3) is 0.200. The summed E-state index contributed by atoms with van der Waals surface area (Å²) >= 11 is 5.81. The summed E-state index contributed by atoms with van der Waals surface area (Å²) in [4.78, 5) is 0.205. The molecule has 0 aliphatic heterocycles. The number of rotatable bonds is 5. The first-order valence-electron chi connectivity index (χ1n) is 6.41. The summed E-state index contributed by atoms with van der Waals surface area (Å²) in [6, 6.07) is 13.1. The Morgan fingerprint density at radius 1 is 1.14 bits per heavy atom. The Kier molecular flexibility index (Phi) is 4.75. The quantitative estimate of drug-likeness (QED) is 0.844. The third-order valence-corrected chi connectivity index (χ3v) is 5.20. The van der Waals surface area contributed by atoms with Crippen LogP contribution in [0.3, 0.4) is 0 Å². The molecular formula is C15H16ClNO3S. The molecule has 0 aliphatic carbocycles. The fourth-order valence-electron chi connectivity index (χ4n) is 1.99. The maximum Gasteiger partial charge on any atom is 0.264 e. The van der Waals surface area contributed by atoms with E-state index >= 15 is 0 Å². The number of sulfonamides is 1. The molecule has 21 heavy (non-hydrogen) atoms. The first-order chi connectivity index (χ1) is 9.98. The Hall–Kier alpha value is -1.72. The largest absolute Gasteiger partial charge is 0.497 e. The third kappa shape index (κ3) is 3.31. The monoisotopic (exact) mass is 325 g/mol. The van der Waals surface area contributed by atoms with Crippen molar-refractivity contribution in [2.75, 3.05) is 18.0 Å². The Bertz CT molecular complexity index is 714. The lowest BCUT2D eigenvalue weighted by Crippen LogP contribution is -2.30. The highest BCUT2D eigenvalue weighted by molar-refractivity contribution is 7.92. The van der Waals surface area contributed by atoms with Gasteiger partial charge in [-0.15, -0.1) is 0 Å². The molecule has 6 heteroatoms. The molecule has 0 unspecified atom stereocenters. The van der Waals surface area contributed by atoms with Crippen molar-refractivity contribution in [2.45, 2.75) is 11.8 Å². The van der Waals surface area contributed by atoms with E-state index in [-0.39, 0.29) is 4.90 Å². The van der Waals surface area contributed by atoms with Crippen LogP contribution in [0.4, 0.5) is 5.69 Å². The number of hydrogen-bond donors (Lipinski definition) is 0. The van der Waals surface area contributed by atoms with Gasteiger partial charge in [0.05, 0.1) is 17.7 Å². The van der Waals surface area contributed by atoms with Crippen LogP contribution in [0.15, 0.2) is 53.4 Å². The van der Waals surface area contributed by atoms with Gasteiger partial charge < -0.3 is 4.74 Å². The molecule has 0 radical (unpaired) electrons. The number of hydrogen-bond acceptors (Lipinski definition) is 3. The molecule has 0 atom stereocenters. The van der Waals surface area contributed by atoms with Crippen LogP contribution < -0.4 is 9.04 Å². The maximum absolute atomic E-state index is 12.7. The molecule has 0 N–H and O–H groups in total. The molecule has 112 valence electrons. The minimum absolute atomic E-state index is 0.205. The van der Waals surface area contributed by atoms with Crippen molar-refractivity contribution in [1.82, 2.24) is 0 Å². The van der Waals surface area contributed by atoms with Crippen LogP contribution in [0.2, 0.25) is 5.02 Å². The highest BCUT2D eigenvalue weighted by atomic mass is 35.5. The molecule has 0 saturated heterocycles. The van der Waals surface area contributed by atoms with Crippen LogP contribution in [0.5, 0.6) is 5.75 Å². The SMILES string of the molecule is CCN(c1cccc(OC)c1)S(=O)(=O)c1ccc(Cl)cc1. The maximum atomic E-state index is 12.7. The minimum atomic E-state index is -3.63. The van der Waals surface area contributed by atoms with E-state index in [2.05, 4.69) is 0 Å². The topological polar surface area (TPSA) is 46.6 Å². The summed E-state index contributed by atoms with van der Waals surface area (Å²) in [5, 5.41) is 0.498. The van der Waals surface area contributed by atoms with E-state index in [4.69, 9.17) is 16.3 Å². The van der Waals surface area contributed by atoms with Crippen LogP contribution >= 0.6 is 11.6 Å². The van der Waals surface area contributed by atoms with E-state index in [1.165, 1.54) is 16.4 Å². The van der Waals surface area contributed by atoms with Crippen molar-refractivity contribution in [1.29, 1.82) is 0 Å². The normalized spacial score (nSPS) is 11.2. The second-order valence-corrected chi connectivity index (χ2v) is 6.62. The van der Waals surface area contributed by atoms with Crippen molar-refractivity contribution in [3.05, 3.63) is 53.6 Å². The number of methoxy groups -OCH3 is 1. The predicted molar refractivity (Wildman–Crippen MR) is 84.7 cm³/mol. The molecule has 2 aromatic rings. The van der Waals surface area contributed by atoms with Gasteiger partial charge >= 0.3 is 0 Å². The molecular weight excluding hydrogens is 310 g/mol. The van der Waals surface area contributed by atoms with Gasteiger partial charge in [0.2, 0.25) is 0 Å². The van der Waals surface area contributed by atoms with Gasteiger partial charge in [-0.1, -0.05) is 17.7 Å². The van der Waals surface area contributed by atoms with Crippen LogP contribution in [0.1, 0.15) is 6.92 Å². The van der Waals surface area contributed by atoms with Crippen LogP contribution in [-0.4, -0.2) is 22.1 Å². The smallest absolute Gasteiger partial charge is 0.264 e. The zero-order chi connectivity index (χ0) is 15.5. The average Bonchev–Trinajstić information content (AvgIpc) is 2.48. The molecule has 2 rings (SSSR count). The summed E-state index contributed by atoms with van der Waals surface area (Å²) in [6.45, 7) is 2.10. The van der Waals surface area contributed by atoms with E-state index in [0.29, 0.717) is 23.0 Å². The van der Waals surface area contributed by atoms with E-state index in [0.717, 1.165) is 0 Å². The number of halogens is 1. The predicted octanol–water partition coefficient (Wildman–Crippen LogP) is 3.56. The van der Waals surface area contributed by atoms with Crippen molar-refractivity contribution in [2.24, 2.45) is 0 Å². The number of anilines is 1. The first kappa shape index (κ1) is 15.7. The van der Waals surface area contributed by atoms with Crippen molar-refractivity contribution in [3.63, 3.8) is 0 Å². The summed E-state index contributed by atoms with van der Waals surface area (Å²) in [7, 11) is -2.08. The average molecular weight is 326 g/mol. The molecule has 0 aromatic heterocycles. The van der Waals surface area contributed by atoms with Gasteiger partial charge in [-0.25, -0.2) is 8.42 Å². The minimum Gasteiger partial charge on any atom is -0.497 e. The van der Waals surface area contributed by atoms with Crippen LogP contribution in [-0.2, 0) is 10.0 Å². The van der Waals surface area contributed by atoms with Gasteiger partial charge in [0.1, 0.15) is 5.75 Å². The van der Waals surface area contributed by atoms with Crippen LogP contribution in [0.25, 0.3) is 0 Å². The molecule has 0 fully saturated rings. The van der Waals surface area contributed by atoms with E-state index in [1.807, 2.05) is 0 Å². The molecule has 0 bridgehead atoms. The van der Waals surface area contributed by atoms with Gasteiger partial charge in [-0.3, -0.25) is 4.31 Å². The zero-order valence-corrected chi connectivity index (χ0v) is 13.4. The van der Waals surface area contributed by atoms with Crippen molar-refractivity contribution < 1.29 is 13.2 Å². The standard InChI is InChI=1S/C15H16ClNO3S/c1-3-17(13-5-4-6-14(11-13)20-2)21(18,19)15-9-7-12(16)8-10-15/h4-11H,3H2,1-2H3. The number of benzene rings is 2. The summed E-state index contributed by atoms with van der Waals surface area (Å²) < 4.78 is 31.9. The lowest BCUT2D eigenvalue weighted by Gasteiger charge is -2.23. The fourth-order valence-corrected chi connectivity index (χ4v) is 3.58. The summed E-state index contributed by atoms with van der Waals surface area (Å²) in [6.07, 6.45) is 0. The lowest BCUT2D eigenvalue weighted by atomic mass is 10.3. The van der Waals surface area contributed by atoms with Crippen molar-refractivity contribution in [3.8, 4) is 5.75 Å².